The molecule has 0 aromatic heterocycles. The lowest BCUT2D eigenvalue weighted by Crippen LogP contribution is -2.47. The van der Waals surface area contributed by atoms with E-state index in [2.05, 4.69) is 10.1 Å². The van der Waals surface area contributed by atoms with Crippen LogP contribution in [0.1, 0.15) is 42.4 Å². The highest BCUT2D eigenvalue weighted by Gasteiger charge is 2.36. The van der Waals surface area contributed by atoms with Crippen molar-refractivity contribution in [3.8, 4) is 5.75 Å². The minimum atomic E-state index is -2.93. The fourth-order valence-corrected chi connectivity index (χ4v) is 3.06. The lowest BCUT2D eigenvalue weighted by molar-refractivity contribution is -0.0510. The highest BCUT2D eigenvalue weighted by molar-refractivity contribution is 6.02. The van der Waals surface area contributed by atoms with Gasteiger partial charge in [0.1, 0.15) is 11.9 Å². The second kappa shape index (κ2) is 7.09. The number of anilines is 1. The summed E-state index contributed by atoms with van der Waals surface area (Å²) < 4.78 is 30.2. The Kier molecular flexibility index (Phi) is 4.88. The van der Waals surface area contributed by atoms with Crippen LogP contribution in [0.25, 0.3) is 0 Å². The number of halogens is 2. The summed E-state index contributed by atoms with van der Waals surface area (Å²) in [6.45, 7) is 0.999. The lowest BCUT2D eigenvalue weighted by atomic mass is 10.0. The number of benzene rings is 2. The minimum absolute atomic E-state index is 0.0653. The number of nitrogens with one attached hydrogen (secondary N) is 1. The average Bonchev–Trinajstić information content (AvgIpc) is 2.61. The van der Waals surface area contributed by atoms with Crippen LogP contribution < -0.4 is 10.1 Å². The number of hydrogen-bond donors (Lipinski definition) is 1. The predicted molar refractivity (Wildman–Crippen MR) is 91.8 cm³/mol. The molecule has 6 heteroatoms. The van der Waals surface area contributed by atoms with Gasteiger partial charge in [-0.3, -0.25) is 4.79 Å². The van der Waals surface area contributed by atoms with Crippen molar-refractivity contribution in [1.29, 1.82) is 0 Å². The van der Waals surface area contributed by atoms with Gasteiger partial charge in [0.15, 0.2) is 0 Å². The van der Waals surface area contributed by atoms with Crippen LogP contribution in [0, 0.1) is 0 Å². The quantitative estimate of drug-likeness (QED) is 0.857. The third-order valence-corrected chi connectivity index (χ3v) is 4.46. The SMILES string of the molecule is CC[C@H](C)N1C(=O)c2ccccc2N[C@H]1c1ccccc1OC(F)F. The summed E-state index contributed by atoms with van der Waals surface area (Å²) >= 11 is 0. The molecule has 1 aliphatic rings. The number of rotatable bonds is 5. The Morgan fingerprint density at radius 3 is 2.56 bits per heavy atom. The van der Waals surface area contributed by atoms with Crippen LogP contribution in [0.5, 0.6) is 5.75 Å². The van der Waals surface area contributed by atoms with Gasteiger partial charge < -0.3 is 15.0 Å². The van der Waals surface area contributed by atoms with Crippen molar-refractivity contribution in [3.63, 3.8) is 0 Å². The van der Waals surface area contributed by atoms with E-state index >= 15 is 0 Å². The molecule has 0 saturated carbocycles. The van der Waals surface area contributed by atoms with Crippen LogP contribution in [0.15, 0.2) is 48.5 Å². The Morgan fingerprint density at radius 2 is 1.84 bits per heavy atom. The van der Waals surface area contributed by atoms with Gasteiger partial charge in [0.25, 0.3) is 5.91 Å². The lowest BCUT2D eigenvalue weighted by Gasteiger charge is -2.41. The molecule has 2 aromatic carbocycles. The molecule has 0 aliphatic carbocycles. The molecule has 2 aromatic rings. The first-order valence-electron chi connectivity index (χ1n) is 8.25. The van der Waals surface area contributed by atoms with Crippen molar-refractivity contribution in [2.75, 3.05) is 5.32 Å². The van der Waals surface area contributed by atoms with Crippen LogP contribution in [0.2, 0.25) is 0 Å². The summed E-state index contributed by atoms with van der Waals surface area (Å²) in [5.74, 6) is -0.0592. The fourth-order valence-electron chi connectivity index (χ4n) is 3.06. The van der Waals surface area contributed by atoms with Gasteiger partial charge >= 0.3 is 6.61 Å². The number of hydrogen-bond acceptors (Lipinski definition) is 3. The molecule has 2 atom stereocenters. The van der Waals surface area contributed by atoms with Crippen LogP contribution in [-0.4, -0.2) is 23.5 Å². The van der Waals surface area contributed by atoms with E-state index in [0.29, 0.717) is 16.8 Å². The first-order chi connectivity index (χ1) is 12.0. The molecule has 0 radical (unpaired) electrons. The summed E-state index contributed by atoms with van der Waals surface area (Å²) in [5.41, 5.74) is 1.76. The number of carbonyl (C=O) groups excluding carboxylic acids is 1. The van der Waals surface area contributed by atoms with E-state index in [-0.39, 0.29) is 17.7 Å². The van der Waals surface area contributed by atoms with Crippen molar-refractivity contribution < 1.29 is 18.3 Å². The highest BCUT2D eigenvalue weighted by atomic mass is 19.3. The molecule has 25 heavy (non-hydrogen) atoms. The van der Waals surface area contributed by atoms with E-state index in [1.54, 1.807) is 35.2 Å². The standard InChI is InChI=1S/C19H20F2N2O2/c1-3-12(2)23-17(14-9-5-7-11-16(14)25-19(20)21)22-15-10-6-4-8-13(15)18(23)24/h4-12,17,19,22H,3H2,1-2H3/t12-,17+/m0/s1. The van der Waals surface area contributed by atoms with Gasteiger partial charge in [0.05, 0.1) is 5.56 Å². The Hall–Kier alpha value is -2.63. The first kappa shape index (κ1) is 17.2. The number of fused-ring (bicyclic) bond motifs is 1. The topological polar surface area (TPSA) is 41.6 Å². The van der Waals surface area contributed by atoms with Gasteiger partial charge in [-0.15, -0.1) is 0 Å². The maximum absolute atomic E-state index is 13.0. The van der Waals surface area contributed by atoms with E-state index in [0.717, 1.165) is 6.42 Å². The molecule has 0 unspecified atom stereocenters. The second-order valence-electron chi connectivity index (χ2n) is 5.98. The van der Waals surface area contributed by atoms with Gasteiger partial charge in [0.2, 0.25) is 0 Å². The summed E-state index contributed by atoms with van der Waals surface area (Å²) in [7, 11) is 0. The van der Waals surface area contributed by atoms with Crippen LogP contribution in [0.3, 0.4) is 0 Å². The number of para-hydroxylation sites is 2. The largest absolute Gasteiger partial charge is 0.434 e. The average molecular weight is 346 g/mol. The molecule has 1 amide bonds. The number of ether oxygens (including phenoxy) is 1. The Labute approximate surface area is 145 Å². The first-order valence-corrected chi connectivity index (χ1v) is 8.25. The summed E-state index contributed by atoms with van der Waals surface area (Å²) in [4.78, 5) is 14.7. The molecule has 0 bridgehead atoms. The summed E-state index contributed by atoms with van der Waals surface area (Å²) in [6.07, 6.45) is 0.163. The smallest absolute Gasteiger partial charge is 0.387 e. The van der Waals surface area contributed by atoms with Gasteiger partial charge in [-0.1, -0.05) is 37.3 Å². The number of carbonyl (C=O) groups is 1. The Bertz CT molecular complexity index is 767. The number of amides is 1. The van der Waals surface area contributed by atoms with Crippen molar-refractivity contribution in [2.45, 2.75) is 39.1 Å². The molecule has 3 rings (SSSR count). The number of nitrogens with zero attached hydrogens (tertiary/aromatic N) is 1. The molecule has 1 heterocycles. The van der Waals surface area contributed by atoms with E-state index in [1.807, 2.05) is 26.0 Å². The van der Waals surface area contributed by atoms with Crippen molar-refractivity contribution in [2.24, 2.45) is 0 Å². The molecular formula is C19H20F2N2O2. The Balaban J connectivity index is 2.09. The predicted octanol–water partition coefficient (Wildman–Crippen LogP) is 4.65. The van der Waals surface area contributed by atoms with E-state index in [1.165, 1.54) is 6.07 Å². The van der Waals surface area contributed by atoms with E-state index in [9.17, 15) is 13.6 Å². The molecule has 0 saturated heterocycles. The Morgan fingerprint density at radius 1 is 1.16 bits per heavy atom. The molecule has 132 valence electrons. The minimum Gasteiger partial charge on any atom is -0.434 e. The van der Waals surface area contributed by atoms with Crippen molar-refractivity contribution >= 4 is 11.6 Å². The zero-order chi connectivity index (χ0) is 18.0. The third-order valence-electron chi connectivity index (χ3n) is 4.46. The summed E-state index contributed by atoms with van der Waals surface area (Å²) in [6, 6.07) is 13.7. The van der Waals surface area contributed by atoms with Gasteiger partial charge in [-0.25, -0.2) is 0 Å². The zero-order valence-corrected chi connectivity index (χ0v) is 14.1. The van der Waals surface area contributed by atoms with Gasteiger partial charge in [0, 0.05) is 17.3 Å². The van der Waals surface area contributed by atoms with Crippen LogP contribution >= 0.6 is 0 Å². The third kappa shape index (κ3) is 3.29. The van der Waals surface area contributed by atoms with Crippen molar-refractivity contribution in [3.05, 3.63) is 59.7 Å². The van der Waals surface area contributed by atoms with E-state index in [4.69, 9.17) is 0 Å². The van der Waals surface area contributed by atoms with E-state index < -0.39 is 12.8 Å². The van der Waals surface area contributed by atoms with Gasteiger partial charge in [-0.2, -0.15) is 8.78 Å². The molecule has 4 nitrogen and oxygen atoms in total. The summed E-state index contributed by atoms with van der Waals surface area (Å²) in [5, 5.41) is 3.30. The van der Waals surface area contributed by atoms with Gasteiger partial charge in [-0.05, 0) is 31.5 Å². The monoisotopic (exact) mass is 346 g/mol. The maximum atomic E-state index is 13.0. The highest BCUT2D eigenvalue weighted by Crippen LogP contribution is 2.38. The molecule has 0 fully saturated rings. The fraction of sp³-hybridized carbons (Fsp3) is 0.316. The molecule has 0 spiro atoms. The van der Waals surface area contributed by atoms with Crippen LogP contribution in [0.4, 0.5) is 14.5 Å². The molecular weight excluding hydrogens is 326 g/mol. The van der Waals surface area contributed by atoms with Crippen LogP contribution in [-0.2, 0) is 0 Å². The second-order valence-corrected chi connectivity index (χ2v) is 5.98. The zero-order valence-electron chi connectivity index (χ0n) is 14.1. The normalized spacial score (nSPS) is 17.9. The van der Waals surface area contributed by atoms with Crippen molar-refractivity contribution in [1.82, 2.24) is 4.90 Å². The maximum Gasteiger partial charge on any atom is 0.387 e. The number of alkyl halides is 2. The molecule has 1 N–H and O–H groups in total. The molecule has 1 aliphatic heterocycles.